The molecule has 7 heteroatoms. The number of carbonyl (C=O) groups is 1. The number of amides is 1. The number of sulfonamides is 1. The molecule has 0 aliphatic carbocycles. The van der Waals surface area contributed by atoms with Gasteiger partial charge < -0.3 is 10.2 Å². The zero-order valence-electron chi connectivity index (χ0n) is 13.8. The standard InChI is InChI=1S/C18H21N3O3S/c19-25(23,24)16-6-7-17-15(12-16)9-11-21(17)13-18(22)20-10-8-14-4-2-1-3-5-14/h1-7,12H,8-11,13H2,(H,20,22)(H2,19,23,24). The van der Waals surface area contributed by atoms with Gasteiger partial charge in [0.1, 0.15) is 0 Å². The number of nitrogens with zero attached hydrogens (tertiary/aromatic N) is 1. The maximum atomic E-state index is 12.2. The second kappa shape index (κ2) is 7.25. The SMILES string of the molecule is NS(=O)(=O)c1ccc2c(c1)CCN2CC(=O)NCCc1ccccc1. The van der Waals surface area contributed by atoms with E-state index in [1.165, 1.54) is 11.6 Å². The van der Waals surface area contributed by atoms with Crippen molar-refractivity contribution in [3.63, 3.8) is 0 Å². The molecule has 0 fully saturated rings. The number of rotatable bonds is 6. The first-order chi connectivity index (χ1) is 11.9. The number of nitrogens with one attached hydrogen (secondary N) is 1. The van der Waals surface area contributed by atoms with Crippen molar-refractivity contribution in [2.24, 2.45) is 5.14 Å². The summed E-state index contributed by atoms with van der Waals surface area (Å²) in [5.74, 6) is -0.0423. The highest BCUT2D eigenvalue weighted by molar-refractivity contribution is 7.89. The normalized spacial score (nSPS) is 13.6. The van der Waals surface area contributed by atoms with E-state index in [9.17, 15) is 13.2 Å². The number of primary sulfonamides is 1. The topological polar surface area (TPSA) is 92.5 Å². The molecule has 25 heavy (non-hydrogen) atoms. The first kappa shape index (κ1) is 17.4. The van der Waals surface area contributed by atoms with Crippen LogP contribution in [-0.4, -0.2) is 34.0 Å². The molecule has 0 aromatic heterocycles. The molecule has 2 aromatic rings. The van der Waals surface area contributed by atoms with Gasteiger partial charge in [-0.3, -0.25) is 4.79 Å². The summed E-state index contributed by atoms with van der Waals surface area (Å²) in [5.41, 5.74) is 2.99. The van der Waals surface area contributed by atoms with Crippen molar-refractivity contribution in [2.75, 3.05) is 24.5 Å². The van der Waals surface area contributed by atoms with Crippen LogP contribution in [-0.2, 0) is 27.7 Å². The van der Waals surface area contributed by atoms with Crippen LogP contribution in [0.15, 0.2) is 53.4 Å². The summed E-state index contributed by atoms with van der Waals surface area (Å²) < 4.78 is 22.9. The molecule has 0 unspecified atom stereocenters. The Morgan fingerprint density at radius 3 is 2.64 bits per heavy atom. The number of hydrogen-bond donors (Lipinski definition) is 2. The lowest BCUT2D eigenvalue weighted by atomic mass is 10.1. The molecule has 0 bridgehead atoms. The van der Waals surface area contributed by atoms with Crippen molar-refractivity contribution in [3.05, 3.63) is 59.7 Å². The van der Waals surface area contributed by atoms with Crippen LogP contribution < -0.4 is 15.4 Å². The van der Waals surface area contributed by atoms with Crippen LogP contribution in [0.3, 0.4) is 0 Å². The summed E-state index contributed by atoms with van der Waals surface area (Å²) in [6, 6.07) is 14.8. The van der Waals surface area contributed by atoms with Crippen LogP contribution in [0.25, 0.3) is 0 Å². The Morgan fingerprint density at radius 1 is 1.16 bits per heavy atom. The number of carbonyl (C=O) groups excluding carboxylic acids is 1. The lowest BCUT2D eigenvalue weighted by molar-refractivity contribution is -0.119. The van der Waals surface area contributed by atoms with E-state index >= 15 is 0 Å². The summed E-state index contributed by atoms with van der Waals surface area (Å²) >= 11 is 0. The van der Waals surface area contributed by atoms with E-state index < -0.39 is 10.0 Å². The molecular formula is C18H21N3O3S. The van der Waals surface area contributed by atoms with Crippen molar-refractivity contribution in [3.8, 4) is 0 Å². The van der Waals surface area contributed by atoms with Crippen LogP contribution in [0.5, 0.6) is 0 Å². The fraction of sp³-hybridized carbons (Fsp3) is 0.278. The first-order valence-corrected chi connectivity index (χ1v) is 9.69. The Hall–Kier alpha value is -2.38. The molecule has 3 rings (SSSR count). The summed E-state index contributed by atoms with van der Waals surface area (Å²) in [5, 5.41) is 8.09. The zero-order chi connectivity index (χ0) is 17.9. The number of anilines is 1. The monoisotopic (exact) mass is 359 g/mol. The van der Waals surface area contributed by atoms with Gasteiger partial charge in [0.05, 0.1) is 11.4 Å². The molecule has 3 N–H and O–H groups in total. The maximum Gasteiger partial charge on any atom is 0.239 e. The summed E-state index contributed by atoms with van der Waals surface area (Å²) in [7, 11) is -3.70. The molecule has 1 amide bonds. The average Bonchev–Trinajstić information content (AvgIpc) is 2.97. The van der Waals surface area contributed by atoms with Crippen molar-refractivity contribution in [2.45, 2.75) is 17.7 Å². The molecule has 0 saturated heterocycles. The highest BCUT2D eigenvalue weighted by Gasteiger charge is 2.22. The van der Waals surface area contributed by atoms with E-state index in [0.717, 1.165) is 17.7 Å². The molecule has 132 valence electrons. The van der Waals surface area contributed by atoms with E-state index in [2.05, 4.69) is 5.32 Å². The van der Waals surface area contributed by atoms with Crippen molar-refractivity contribution >= 4 is 21.6 Å². The number of fused-ring (bicyclic) bond motifs is 1. The van der Waals surface area contributed by atoms with E-state index in [4.69, 9.17) is 5.14 Å². The van der Waals surface area contributed by atoms with Gasteiger partial charge in [-0.2, -0.15) is 0 Å². The molecule has 2 aromatic carbocycles. The van der Waals surface area contributed by atoms with Crippen LogP contribution in [0, 0.1) is 0 Å². The molecule has 6 nitrogen and oxygen atoms in total. The fourth-order valence-corrected chi connectivity index (χ4v) is 3.57. The molecule has 0 radical (unpaired) electrons. The van der Waals surface area contributed by atoms with Gasteiger partial charge in [-0.1, -0.05) is 30.3 Å². The molecule has 0 saturated carbocycles. The summed E-state index contributed by atoms with van der Waals surface area (Å²) in [6.45, 7) is 1.54. The van der Waals surface area contributed by atoms with Crippen LogP contribution in [0.2, 0.25) is 0 Å². The van der Waals surface area contributed by atoms with Gasteiger partial charge in [-0.05, 0) is 42.2 Å². The van der Waals surface area contributed by atoms with E-state index in [0.29, 0.717) is 19.5 Å². The minimum Gasteiger partial charge on any atom is -0.362 e. The second-order valence-corrected chi connectivity index (χ2v) is 7.65. The lowest BCUT2D eigenvalue weighted by Gasteiger charge is -2.19. The quantitative estimate of drug-likeness (QED) is 0.806. The third-order valence-corrected chi connectivity index (χ3v) is 5.20. The van der Waals surface area contributed by atoms with Crippen LogP contribution in [0.1, 0.15) is 11.1 Å². The third-order valence-electron chi connectivity index (χ3n) is 4.28. The summed E-state index contributed by atoms with van der Waals surface area (Å²) in [4.78, 5) is 14.2. The van der Waals surface area contributed by atoms with Crippen LogP contribution >= 0.6 is 0 Å². The Kier molecular flexibility index (Phi) is 5.06. The second-order valence-electron chi connectivity index (χ2n) is 6.09. The number of nitrogens with two attached hydrogens (primary N) is 1. The van der Waals surface area contributed by atoms with Gasteiger partial charge in [-0.15, -0.1) is 0 Å². The fourth-order valence-electron chi connectivity index (χ4n) is 3.01. The highest BCUT2D eigenvalue weighted by atomic mass is 32.2. The first-order valence-electron chi connectivity index (χ1n) is 8.15. The van der Waals surface area contributed by atoms with Crippen LogP contribution in [0.4, 0.5) is 5.69 Å². The van der Waals surface area contributed by atoms with Crippen molar-refractivity contribution in [1.29, 1.82) is 0 Å². The number of hydrogen-bond acceptors (Lipinski definition) is 4. The van der Waals surface area contributed by atoms with Gasteiger partial charge in [0.15, 0.2) is 0 Å². The predicted molar refractivity (Wildman–Crippen MR) is 96.9 cm³/mol. The minimum absolute atomic E-state index is 0.0423. The van der Waals surface area contributed by atoms with Gasteiger partial charge in [-0.25, -0.2) is 13.6 Å². The lowest BCUT2D eigenvalue weighted by Crippen LogP contribution is -2.37. The maximum absolute atomic E-state index is 12.2. The Balaban J connectivity index is 1.55. The molecule has 0 atom stereocenters. The van der Waals surface area contributed by atoms with Gasteiger partial charge >= 0.3 is 0 Å². The number of benzene rings is 2. The molecule has 0 spiro atoms. The third kappa shape index (κ3) is 4.37. The zero-order valence-corrected chi connectivity index (χ0v) is 14.6. The minimum atomic E-state index is -3.70. The van der Waals surface area contributed by atoms with Gasteiger partial charge in [0.2, 0.25) is 15.9 Å². The largest absolute Gasteiger partial charge is 0.362 e. The highest BCUT2D eigenvalue weighted by Crippen LogP contribution is 2.29. The molecular weight excluding hydrogens is 338 g/mol. The smallest absolute Gasteiger partial charge is 0.239 e. The molecule has 1 aliphatic heterocycles. The Bertz CT molecular complexity index is 866. The van der Waals surface area contributed by atoms with Gasteiger partial charge in [0.25, 0.3) is 0 Å². The Labute approximate surface area is 147 Å². The summed E-state index contributed by atoms with van der Waals surface area (Å²) in [6.07, 6.45) is 1.50. The Morgan fingerprint density at radius 2 is 1.92 bits per heavy atom. The van der Waals surface area contributed by atoms with E-state index in [-0.39, 0.29) is 17.3 Å². The van der Waals surface area contributed by atoms with E-state index in [1.807, 2.05) is 35.2 Å². The van der Waals surface area contributed by atoms with E-state index in [1.54, 1.807) is 12.1 Å². The van der Waals surface area contributed by atoms with Crippen molar-refractivity contribution in [1.82, 2.24) is 5.32 Å². The average molecular weight is 359 g/mol. The molecule has 1 aliphatic rings. The van der Waals surface area contributed by atoms with Crippen molar-refractivity contribution < 1.29 is 13.2 Å². The predicted octanol–water partition coefficient (Wildman–Crippen LogP) is 1.06. The molecule has 1 heterocycles. The van der Waals surface area contributed by atoms with Gasteiger partial charge in [0, 0.05) is 18.8 Å².